The molecule has 0 saturated heterocycles. The van der Waals surface area contributed by atoms with E-state index in [2.05, 4.69) is 44.9 Å². The van der Waals surface area contributed by atoms with Gasteiger partial charge in [-0.3, -0.25) is 9.79 Å². The summed E-state index contributed by atoms with van der Waals surface area (Å²) in [6, 6.07) is 16.2. The number of amides is 1. The van der Waals surface area contributed by atoms with Crippen LogP contribution in [0.4, 0.5) is 0 Å². The molecule has 32 heavy (non-hydrogen) atoms. The van der Waals surface area contributed by atoms with Gasteiger partial charge in [-0.1, -0.05) is 36.4 Å². The highest BCUT2D eigenvalue weighted by Gasteiger charge is 2.08. The van der Waals surface area contributed by atoms with E-state index in [1.165, 1.54) is 11.1 Å². The Bertz CT molecular complexity index is 1020. The van der Waals surface area contributed by atoms with Crippen LogP contribution in [0.2, 0.25) is 0 Å². The maximum atomic E-state index is 12.1. The minimum atomic E-state index is 0. The van der Waals surface area contributed by atoms with Crippen LogP contribution in [0.5, 0.6) is 0 Å². The number of hydrogen-bond donors (Lipinski definition) is 2. The Morgan fingerprint density at radius 1 is 1.06 bits per heavy atom. The van der Waals surface area contributed by atoms with Crippen LogP contribution in [-0.4, -0.2) is 54.0 Å². The minimum absolute atomic E-state index is 0. The summed E-state index contributed by atoms with van der Waals surface area (Å²) in [5.41, 5.74) is 4.24. The Morgan fingerprint density at radius 3 is 2.53 bits per heavy atom. The molecule has 0 atom stereocenters. The monoisotopic (exact) mass is 546 g/mol. The molecular formula is C24H31IN6O. The number of carbonyl (C=O) groups excluding carboxylic acids is 1. The third-order valence-electron chi connectivity index (χ3n) is 4.89. The Kier molecular flexibility index (Phi) is 10.2. The number of guanidine groups is 1. The van der Waals surface area contributed by atoms with Crippen LogP contribution in [0, 0.1) is 0 Å². The highest BCUT2D eigenvalue weighted by molar-refractivity contribution is 14.0. The highest BCUT2D eigenvalue weighted by atomic mass is 127. The van der Waals surface area contributed by atoms with Gasteiger partial charge in [0.15, 0.2) is 5.96 Å². The van der Waals surface area contributed by atoms with Gasteiger partial charge in [0.1, 0.15) is 0 Å². The number of nitrogens with zero attached hydrogens (tertiary/aromatic N) is 4. The molecule has 2 N–H and O–H groups in total. The number of benzene rings is 2. The molecule has 0 aliphatic carbocycles. The fraction of sp³-hybridized carbons (Fsp3) is 0.292. The summed E-state index contributed by atoms with van der Waals surface area (Å²) in [6.45, 7) is 2.21. The van der Waals surface area contributed by atoms with E-state index in [1.54, 1.807) is 32.2 Å². The first-order valence-corrected chi connectivity index (χ1v) is 10.3. The second-order valence-corrected chi connectivity index (χ2v) is 7.56. The lowest BCUT2D eigenvalue weighted by Crippen LogP contribution is -2.37. The maximum absolute atomic E-state index is 12.1. The van der Waals surface area contributed by atoms with Gasteiger partial charge in [0, 0.05) is 58.7 Å². The van der Waals surface area contributed by atoms with Crippen LogP contribution in [0.1, 0.15) is 27.0 Å². The first kappa shape index (κ1) is 25.4. The molecule has 1 heterocycles. The van der Waals surface area contributed by atoms with Crippen molar-refractivity contribution in [3.63, 3.8) is 0 Å². The van der Waals surface area contributed by atoms with Gasteiger partial charge in [-0.25, -0.2) is 4.98 Å². The number of hydrogen-bond acceptors (Lipinski definition) is 3. The van der Waals surface area contributed by atoms with Gasteiger partial charge in [-0.2, -0.15) is 0 Å². The van der Waals surface area contributed by atoms with Crippen molar-refractivity contribution in [3.05, 3.63) is 89.5 Å². The Labute approximate surface area is 207 Å². The first-order valence-electron chi connectivity index (χ1n) is 10.3. The van der Waals surface area contributed by atoms with Crippen molar-refractivity contribution in [2.45, 2.75) is 19.5 Å². The fourth-order valence-electron chi connectivity index (χ4n) is 3.28. The quantitative estimate of drug-likeness (QED) is 0.259. The number of nitrogens with one attached hydrogen (secondary N) is 2. The average Bonchev–Trinajstić information content (AvgIpc) is 3.29. The molecule has 0 unspecified atom stereocenters. The predicted molar refractivity (Wildman–Crippen MR) is 140 cm³/mol. The van der Waals surface area contributed by atoms with E-state index in [-0.39, 0.29) is 29.9 Å². The van der Waals surface area contributed by atoms with Gasteiger partial charge in [0.05, 0.1) is 6.33 Å². The molecule has 170 valence electrons. The minimum Gasteiger partial charge on any atom is -0.356 e. The lowest BCUT2D eigenvalue weighted by atomic mass is 10.1. The molecule has 7 nitrogen and oxygen atoms in total. The lowest BCUT2D eigenvalue weighted by Gasteiger charge is -2.14. The standard InChI is InChI=1S/C24H30N6O.HI/c1-25-24(27-11-10-19-6-5-9-22(15-19)23(31)29(2)3)28-16-20-7-4-8-21(14-20)17-30-13-12-26-18-30;/h4-9,12-15,18H,10-11,16-17H2,1-3H3,(H2,25,27,28);1H. The van der Waals surface area contributed by atoms with Crippen molar-refractivity contribution < 1.29 is 4.79 Å². The topological polar surface area (TPSA) is 74.6 Å². The van der Waals surface area contributed by atoms with E-state index in [0.29, 0.717) is 12.1 Å². The molecule has 3 rings (SSSR count). The van der Waals surface area contributed by atoms with Crippen molar-refractivity contribution >= 4 is 35.8 Å². The van der Waals surface area contributed by atoms with E-state index < -0.39 is 0 Å². The van der Waals surface area contributed by atoms with Gasteiger partial charge in [-0.15, -0.1) is 24.0 Å². The summed E-state index contributed by atoms with van der Waals surface area (Å²) in [4.78, 5) is 22.1. The predicted octanol–water partition coefficient (Wildman–Crippen LogP) is 3.16. The molecule has 0 saturated carbocycles. The normalized spacial score (nSPS) is 10.9. The van der Waals surface area contributed by atoms with Crippen LogP contribution in [0.3, 0.4) is 0 Å². The second-order valence-electron chi connectivity index (χ2n) is 7.56. The zero-order chi connectivity index (χ0) is 22.1. The van der Waals surface area contributed by atoms with E-state index >= 15 is 0 Å². The number of imidazole rings is 1. The third kappa shape index (κ3) is 7.67. The summed E-state index contributed by atoms with van der Waals surface area (Å²) in [5, 5.41) is 6.70. The number of aliphatic imine (C=N–C) groups is 1. The number of aromatic nitrogens is 2. The van der Waals surface area contributed by atoms with Crippen LogP contribution in [0.25, 0.3) is 0 Å². The fourth-order valence-corrected chi connectivity index (χ4v) is 3.28. The zero-order valence-corrected chi connectivity index (χ0v) is 21.1. The van der Waals surface area contributed by atoms with Crippen molar-refractivity contribution in [1.29, 1.82) is 0 Å². The molecular weight excluding hydrogens is 515 g/mol. The van der Waals surface area contributed by atoms with Gasteiger partial charge < -0.3 is 20.1 Å². The molecule has 0 aliphatic heterocycles. The van der Waals surface area contributed by atoms with E-state index in [4.69, 9.17) is 0 Å². The van der Waals surface area contributed by atoms with Gasteiger partial charge in [0.25, 0.3) is 5.91 Å². The smallest absolute Gasteiger partial charge is 0.253 e. The van der Waals surface area contributed by atoms with Gasteiger partial charge in [0.2, 0.25) is 0 Å². The number of halogens is 1. The van der Waals surface area contributed by atoms with Crippen molar-refractivity contribution in [2.24, 2.45) is 4.99 Å². The number of carbonyl (C=O) groups is 1. The molecule has 0 radical (unpaired) electrons. The van der Waals surface area contributed by atoms with Gasteiger partial charge >= 0.3 is 0 Å². The summed E-state index contributed by atoms with van der Waals surface area (Å²) in [7, 11) is 5.29. The van der Waals surface area contributed by atoms with E-state index in [9.17, 15) is 4.79 Å². The van der Waals surface area contributed by atoms with Crippen LogP contribution >= 0.6 is 24.0 Å². The first-order chi connectivity index (χ1) is 15.0. The highest BCUT2D eigenvalue weighted by Crippen LogP contribution is 2.09. The van der Waals surface area contributed by atoms with Crippen LogP contribution < -0.4 is 10.6 Å². The molecule has 3 aromatic rings. The zero-order valence-electron chi connectivity index (χ0n) is 18.8. The second kappa shape index (κ2) is 12.8. The van der Waals surface area contributed by atoms with Crippen molar-refractivity contribution in [1.82, 2.24) is 25.1 Å². The Balaban J connectivity index is 0.00000363. The molecule has 0 aliphatic rings. The third-order valence-corrected chi connectivity index (χ3v) is 4.89. The van der Waals surface area contributed by atoms with E-state index in [0.717, 1.165) is 31.0 Å². The Morgan fingerprint density at radius 2 is 1.81 bits per heavy atom. The molecule has 0 fully saturated rings. The van der Waals surface area contributed by atoms with E-state index in [1.807, 2.05) is 41.4 Å². The van der Waals surface area contributed by atoms with Crippen LogP contribution in [-0.2, 0) is 19.5 Å². The largest absolute Gasteiger partial charge is 0.356 e. The Hall–Kier alpha value is -2.88. The van der Waals surface area contributed by atoms with Crippen LogP contribution in [0.15, 0.2) is 72.2 Å². The molecule has 0 bridgehead atoms. The maximum Gasteiger partial charge on any atom is 0.253 e. The lowest BCUT2D eigenvalue weighted by molar-refractivity contribution is 0.0827. The molecule has 1 amide bonds. The van der Waals surface area contributed by atoms with Crippen molar-refractivity contribution in [2.75, 3.05) is 27.7 Å². The summed E-state index contributed by atoms with van der Waals surface area (Å²) in [5.74, 6) is 0.767. The molecule has 0 spiro atoms. The average molecular weight is 546 g/mol. The van der Waals surface area contributed by atoms with Crippen molar-refractivity contribution in [3.8, 4) is 0 Å². The molecule has 2 aromatic carbocycles. The van der Waals surface area contributed by atoms with Gasteiger partial charge in [-0.05, 0) is 35.2 Å². The molecule has 8 heteroatoms. The summed E-state index contributed by atoms with van der Waals surface area (Å²) >= 11 is 0. The number of rotatable bonds is 8. The molecule has 1 aromatic heterocycles. The SMILES string of the molecule is CN=C(NCCc1cccc(C(=O)N(C)C)c1)NCc1cccc(Cn2ccnc2)c1.I. The summed E-state index contributed by atoms with van der Waals surface area (Å²) < 4.78 is 2.05. The summed E-state index contributed by atoms with van der Waals surface area (Å²) in [6.07, 6.45) is 6.37.